The maximum atomic E-state index is 2.65. The second-order valence-electron chi connectivity index (χ2n) is 6.68. The molecule has 2 aliphatic rings. The molecule has 2 unspecified atom stereocenters. The molecular formula is C16H26Cl2HfSi2. The van der Waals surface area contributed by atoms with Crippen LogP contribution in [0.2, 0.25) is 5.59 Å². The first-order chi connectivity index (χ1) is 8.61. The van der Waals surface area contributed by atoms with Gasteiger partial charge in [0, 0.05) is 0 Å². The summed E-state index contributed by atoms with van der Waals surface area (Å²) in [4.78, 5) is 0. The molecule has 0 amide bonds. The number of hydrogen-bond donors (Lipinski definition) is 0. The fraction of sp³-hybridized carbons (Fsp3) is 0.500. The third-order valence-corrected chi connectivity index (χ3v) is 19.0. The molecule has 0 aliphatic heterocycles. The molecule has 116 valence electrons. The van der Waals surface area contributed by atoms with Crippen LogP contribution >= 0.6 is 0 Å². The molecule has 0 aromatic heterocycles. The predicted molar refractivity (Wildman–Crippen MR) is 89.5 cm³/mol. The van der Waals surface area contributed by atoms with E-state index in [4.69, 9.17) is 0 Å². The molecule has 0 spiro atoms. The van der Waals surface area contributed by atoms with Gasteiger partial charge in [0.2, 0.25) is 0 Å². The first-order valence-electron chi connectivity index (χ1n) is 7.15. The van der Waals surface area contributed by atoms with E-state index in [1.54, 1.807) is 33.4 Å². The van der Waals surface area contributed by atoms with Gasteiger partial charge in [0.1, 0.15) is 0 Å². The third kappa shape index (κ3) is 3.68. The Bertz CT molecular complexity index is 525. The summed E-state index contributed by atoms with van der Waals surface area (Å²) in [6, 6.07) is 0. The van der Waals surface area contributed by atoms with Crippen LogP contribution in [0.4, 0.5) is 0 Å². The summed E-state index contributed by atoms with van der Waals surface area (Å²) in [7, 11) is 2.62. The molecular weight excluding hydrogens is 498 g/mol. The van der Waals surface area contributed by atoms with Gasteiger partial charge in [0.25, 0.3) is 0 Å². The van der Waals surface area contributed by atoms with Crippen LogP contribution in [0, 0.1) is 0 Å². The van der Waals surface area contributed by atoms with Crippen molar-refractivity contribution in [1.82, 2.24) is 0 Å². The van der Waals surface area contributed by atoms with Gasteiger partial charge in [0.05, 0.1) is 0 Å². The van der Waals surface area contributed by atoms with E-state index in [-0.39, 0.29) is 24.8 Å². The van der Waals surface area contributed by atoms with Gasteiger partial charge in [-0.3, -0.25) is 0 Å². The maximum absolute atomic E-state index is 2.65. The molecule has 0 radical (unpaired) electrons. The van der Waals surface area contributed by atoms with Crippen molar-refractivity contribution in [2.24, 2.45) is 0 Å². The number of allylic oxidation sites excluding steroid dienone is 8. The molecule has 0 aromatic rings. The van der Waals surface area contributed by atoms with Gasteiger partial charge in [-0.25, -0.2) is 0 Å². The van der Waals surface area contributed by atoms with E-state index in [1.165, 1.54) is 20.5 Å². The quantitative estimate of drug-likeness (QED) is 0.332. The third-order valence-electron chi connectivity index (χ3n) is 5.40. The first kappa shape index (κ1) is 21.8. The van der Waals surface area contributed by atoms with E-state index < -0.39 is 22.9 Å². The molecule has 21 heavy (non-hydrogen) atoms. The Morgan fingerprint density at radius 3 is 1.19 bits per heavy atom. The molecule has 0 bridgehead atoms. The standard InChI is InChI=1S/2C8H13Si.2ClH.Hf/c2*1-5-4-8(9)7(3)6(5)2;;;/h2*4H,1-3,9H3;2*1H;/q;;;;+2/p-2. The van der Waals surface area contributed by atoms with Crippen molar-refractivity contribution >= 4 is 20.5 Å². The Hall–Kier alpha value is 0.844. The topological polar surface area (TPSA) is 0 Å². The second kappa shape index (κ2) is 7.17. The summed E-state index contributed by atoms with van der Waals surface area (Å²) in [6.07, 6.45) is 5.30. The molecule has 0 aromatic carbocycles. The van der Waals surface area contributed by atoms with Crippen molar-refractivity contribution in [3.8, 4) is 0 Å². The van der Waals surface area contributed by atoms with Crippen LogP contribution in [0.15, 0.2) is 45.6 Å². The Labute approximate surface area is 160 Å². The van der Waals surface area contributed by atoms with Crippen molar-refractivity contribution in [2.75, 3.05) is 0 Å². The molecule has 2 atom stereocenters. The van der Waals surface area contributed by atoms with Crippen LogP contribution in [0.1, 0.15) is 41.5 Å². The van der Waals surface area contributed by atoms with Gasteiger partial charge in [-0.2, -0.15) is 0 Å². The van der Waals surface area contributed by atoms with Gasteiger partial charge in [-0.05, 0) is 0 Å². The van der Waals surface area contributed by atoms with Crippen molar-refractivity contribution in [3.63, 3.8) is 0 Å². The Kier molecular flexibility index (Phi) is 7.45. The Morgan fingerprint density at radius 1 is 0.714 bits per heavy atom. The van der Waals surface area contributed by atoms with Gasteiger partial charge >= 0.3 is 136 Å². The predicted octanol–water partition coefficient (Wildman–Crippen LogP) is -3.37. The van der Waals surface area contributed by atoms with Crippen LogP contribution in [-0.2, 0) is 22.9 Å². The number of halogens is 2. The minimum absolute atomic E-state index is 0. The molecule has 0 saturated carbocycles. The van der Waals surface area contributed by atoms with E-state index in [1.807, 2.05) is 0 Å². The van der Waals surface area contributed by atoms with Gasteiger partial charge in [-0.1, -0.05) is 0 Å². The molecule has 0 N–H and O–H groups in total. The fourth-order valence-corrected chi connectivity index (χ4v) is 26.3. The average Bonchev–Trinajstić information content (AvgIpc) is 2.61. The van der Waals surface area contributed by atoms with Gasteiger partial charge in [0.15, 0.2) is 0 Å². The van der Waals surface area contributed by atoms with Crippen molar-refractivity contribution < 1.29 is 47.7 Å². The molecule has 2 aliphatic carbocycles. The van der Waals surface area contributed by atoms with Crippen molar-refractivity contribution in [2.45, 2.75) is 47.1 Å². The second-order valence-corrected chi connectivity index (χ2v) is 25.4. The normalized spacial score (nSPS) is 31.7. The van der Waals surface area contributed by atoms with Crippen LogP contribution in [0.25, 0.3) is 0 Å². The zero-order valence-corrected chi connectivity index (χ0v) is 23.5. The van der Waals surface area contributed by atoms with Crippen LogP contribution in [0.5, 0.6) is 0 Å². The molecule has 0 fully saturated rings. The summed E-state index contributed by atoms with van der Waals surface area (Å²) in [5.41, 5.74) is 9.73. The maximum Gasteiger partial charge on any atom is -1.00 e. The smallest absolute Gasteiger partial charge is 1.00 e. The minimum Gasteiger partial charge on any atom is -1.00 e. The summed E-state index contributed by atoms with van der Waals surface area (Å²) in [5.74, 6) is 0. The van der Waals surface area contributed by atoms with E-state index in [0.29, 0.717) is 5.59 Å². The Balaban J connectivity index is 0.00000200. The van der Waals surface area contributed by atoms with E-state index in [2.05, 4.69) is 53.7 Å². The number of hydrogen-bond acceptors (Lipinski definition) is 0. The fourth-order valence-electron chi connectivity index (χ4n) is 3.47. The molecule has 0 nitrogen and oxygen atoms in total. The molecule has 5 heteroatoms. The van der Waals surface area contributed by atoms with Crippen LogP contribution in [-0.4, -0.2) is 20.5 Å². The average molecular weight is 524 g/mol. The molecule has 0 heterocycles. The number of rotatable bonds is 2. The summed E-state index contributed by atoms with van der Waals surface area (Å²) in [5, 5.41) is 0. The van der Waals surface area contributed by atoms with Gasteiger partial charge in [-0.15, -0.1) is 0 Å². The van der Waals surface area contributed by atoms with E-state index in [9.17, 15) is 0 Å². The zero-order valence-electron chi connectivity index (χ0n) is 14.4. The first-order valence-corrected chi connectivity index (χ1v) is 12.7. The van der Waals surface area contributed by atoms with Crippen molar-refractivity contribution in [3.05, 3.63) is 45.6 Å². The van der Waals surface area contributed by atoms with Gasteiger partial charge < -0.3 is 24.8 Å². The molecule has 0 saturated heterocycles. The summed E-state index contributed by atoms with van der Waals surface area (Å²) in [6.45, 7) is 14.1. The van der Waals surface area contributed by atoms with E-state index in [0.717, 1.165) is 0 Å². The monoisotopic (exact) mass is 524 g/mol. The zero-order chi connectivity index (χ0) is 14.6. The van der Waals surface area contributed by atoms with Crippen molar-refractivity contribution in [1.29, 1.82) is 0 Å². The Morgan fingerprint density at radius 2 is 1.00 bits per heavy atom. The minimum atomic E-state index is -0.796. The van der Waals surface area contributed by atoms with Crippen LogP contribution in [0.3, 0.4) is 0 Å². The SMILES string of the molecule is CC1=C[C]([SiH3])([Hf+2][C]2([SiH3])C=C(C)C(C)=C2C)C(C)=C1C.[Cl-].[Cl-]. The van der Waals surface area contributed by atoms with Crippen LogP contribution < -0.4 is 24.8 Å². The largest absolute Gasteiger partial charge is 1.00 e. The molecule has 2 rings (SSSR count). The summed E-state index contributed by atoms with van der Waals surface area (Å²) < 4.78 is 1.16. The summed E-state index contributed by atoms with van der Waals surface area (Å²) >= 11 is -0.796. The van der Waals surface area contributed by atoms with E-state index >= 15 is 0 Å².